The summed E-state index contributed by atoms with van der Waals surface area (Å²) in [7, 11) is 2.19. The van der Waals surface area contributed by atoms with Crippen LogP contribution in [0.15, 0.2) is 17.0 Å². The Morgan fingerprint density at radius 2 is 1.70 bits per heavy atom. The van der Waals surface area contributed by atoms with Gasteiger partial charge in [0.1, 0.15) is 0 Å². The van der Waals surface area contributed by atoms with Gasteiger partial charge in [-0.15, -0.1) is 0 Å². The third kappa shape index (κ3) is 3.94. The number of aryl methyl sites for hydroxylation is 2. The lowest BCUT2D eigenvalue weighted by Crippen LogP contribution is -2.38. The molecule has 0 radical (unpaired) electrons. The standard InChI is InChI=1S/C14H25N3O2S/c1-10-7-13(15-4)8-11(2)14(10)20(18,19)16-9-12(3)17(5)6/h7-8,12,15-16H,9H2,1-6H3. The molecule has 0 spiro atoms. The van der Waals surface area contributed by atoms with E-state index in [4.69, 9.17) is 0 Å². The molecule has 1 rings (SSSR count). The maximum atomic E-state index is 12.5. The van der Waals surface area contributed by atoms with Crippen LogP contribution in [0, 0.1) is 13.8 Å². The Balaban J connectivity index is 3.04. The summed E-state index contributed by atoms with van der Waals surface area (Å²) in [6.07, 6.45) is 0. The predicted octanol–water partition coefficient (Wildman–Crippen LogP) is 1.57. The first-order chi connectivity index (χ1) is 9.19. The third-order valence-corrected chi connectivity index (χ3v) is 5.20. The van der Waals surface area contributed by atoms with Crippen LogP contribution in [0.2, 0.25) is 0 Å². The lowest BCUT2D eigenvalue weighted by atomic mass is 10.1. The first-order valence-electron chi connectivity index (χ1n) is 6.64. The lowest BCUT2D eigenvalue weighted by molar-refractivity contribution is 0.314. The van der Waals surface area contributed by atoms with Crippen molar-refractivity contribution in [2.24, 2.45) is 0 Å². The molecule has 5 nitrogen and oxygen atoms in total. The molecule has 1 aromatic rings. The van der Waals surface area contributed by atoms with Gasteiger partial charge in [-0.2, -0.15) is 0 Å². The monoisotopic (exact) mass is 299 g/mol. The van der Waals surface area contributed by atoms with Gasteiger partial charge in [0.15, 0.2) is 0 Å². The number of hydrogen-bond acceptors (Lipinski definition) is 4. The second-order valence-corrected chi connectivity index (χ2v) is 7.06. The normalized spacial score (nSPS) is 13.6. The molecular formula is C14H25N3O2S. The van der Waals surface area contributed by atoms with Crippen LogP contribution in [0.5, 0.6) is 0 Å². The van der Waals surface area contributed by atoms with Crippen LogP contribution in [0.4, 0.5) is 5.69 Å². The molecule has 0 heterocycles. The fraction of sp³-hybridized carbons (Fsp3) is 0.571. The summed E-state index contributed by atoms with van der Waals surface area (Å²) in [4.78, 5) is 2.36. The van der Waals surface area contributed by atoms with Gasteiger partial charge in [-0.05, 0) is 58.1 Å². The number of nitrogens with one attached hydrogen (secondary N) is 2. The van der Waals surface area contributed by atoms with E-state index in [1.165, 1.54) is 0 Å². The Bertz CT molecular complexity index is 545. The molecule has 2 N–H and O–H groups in total. The van der Waals surface area contributed by atoms with Gasteiger partial charge >= 0.3 is 0 Å². The topological polar surface area (TPSA) is 61.4 Å². The highest BCUT2D eigenvalue weighted by molar-refractivity contribution is 7.89. The van der Waals surface area contributed by atoms with Crippen molar-refractivity contribution in [1.29, 1.82) is 0 Å². The van der Waals surface area contributed by atoms with E-state index >= 15 is 0 Å². The van der Waals surface area contributed by atoms with Gasteiger partial charge in [0.2, 0.25) is 10.0 Å². The Labute approximate surface area is 122 Å². The number of rotatable bonds is 6. The zero-order chi connectivity index (χ0) is 15.5. The third-order valence-electron chi connectivity index (χ3n) is 3.47. The van der Waals surface area contributed by atoms with Crippen molar-refractivity contribution in [2.75, 3.05) is 33.0 Å². The van der Waals surface area contributed by atoms with Crippen LogP contribution in [-0.2, 0) is 10.0 Å². The highest BCUT2D eigenvalue weighted by Gasteiger charge is 2.21. The SMILES string of the molecule is CNc1cc(C)c(S(=O)(=O)NCC(C)N(C)C)c(C)c1. The first-order valence-corrected chi connectivity index (χ1v) is 8.12. The van der Waals surface area contributed by atoms with Crippen LogP contribution < -0.4 is 10.0 Å². The molecule has 6 heteroatoms. The molecule has 0 saturated heterocycles. The van der Waals surface area contributed by atoms with E-state index in [1.54, 1.807) is 0 Å². The molecule has 0 fully saturated rings. The number of anilines is 1. The molecule has 1 atom stereocenters. The zero-order valence-corrected chi connectivity index (χ0v) is 13.9. The summed E-state index contributed by atoms with van der Waals surface area (Å²) >= 11 is 0. The zero-order valence-electron chi connectivity index (χ0n) is 13.1. The summed E-state index contributed by atoms with van der Waals surface area (Å²) < 4.78 is 27.6. The minimum Gasteiger partial charge on any atom is -0.388 e. The van der Waals surface area contributed by atoms with E-state index in [9.17, 15) is 8.42 Å². The first kappa shape index (κ1) is 16.9. The van der Waals surface area contributed by atoms with Crippen molar-refractivity contribution >= 4 is 15.7 Å². The van der Waals surface area contributed by atoms with E-state index in [0.717, 1.165) is 16.8 Å². The molecule has 0 aliphatic rings. The highest BCUT2D eigenvalue weighted by Crippen LogP contribution is 2.24. The largest absolute Gasteiger partial charge is 0.388 e. The second kappa shape index (κ2) is 6.56. The summed E-state index contributed by atoms with van der Waals surface area (Å²) in [5.74, 6) is 0. The molecule has 0 saturated carbocycles. The number of likely N-dealkylation sites (N-methyl/N-ethyl adjacent to an activating group) is 1. The number of benzene rings is 1. The minimum atomic E-state index is -3.48. The van der Waals surface area contributed by atoms with Crippen LogP contribution in [-0.4, -0.2) is 47.0 Å². The van der Waals surface area contributed by atoms with Crippen LogP contribution in [0.25, 0.3) is 0 Å². The maximum Gasteiger partial charge on any atom is 0.241 e. The quantitative estimate of drug-likeness (QED) is 0.837. The van der Waals surface area contributed by atoms with E-state index in [0.29, 0.717) is 11.4 Å². The number of hydrogen-bond donors (Lipinski definition) is 2. The fourth-order valence-corrected chi connectivity index (χ4v) is 3.57. The van der Waals surface area contributed by atoms with Gasteiger partial charge in [0, 0.05) is 25.3 Å². The van der Waals surface area contributed by atoms with Crippen molar-refractivity contribution in [3.05, 3.63) is 23.3 Å². The molecule has 0 aliphatic carbocycles. The molecule has 1 unspecified atom stereocenters. The smallest absolute Gasteiger partial charge is 0.241 e. The van der Waals surface area contributed by atoms with Gasteiger partial charge in [-0.1, -0.05) is 0 Å². The summed E-state index contributed by atoms with van der Waals surface area (Å²) in [6.45, 7) is 6.00. The molecule has 0 aliphatic heterocycles. The summed E-state index contributed by atoms with van der Waals surface area (Å²) in [5, 5.41) is 3.03. The molecule has 114 valence electrons. The number of nitrogens with zero attached hydrogens (tertiary/aromatic N) is 1. The van der Waals surface area contributed by atoms with Crippen molar-refractivity contribution in [1.82, 2.24) is 9.62 Å². The Morgan fingerprint density at radius 1 is 1.20 bits per heavy atom. The Hall–Kier alpha value is -1.11. The van der Waals surface area contributed by atoms with E-state index in [1.807, 2.05) is 58.9 Å². The number of sulfonamides is 1. The van der Waals surface area contributed by atoms with Gasteiger partial charge < -0.3 is 10.2 Å². The van der Waals surface area contributed by atoms with Gasteiger partial charge in [0.05, 0.1) is 4.90 Å². The Morgan fingerprint density at radius 3 is 2.10 bits per heavy atom. The molecule has 20 heavy (non-hydrogen) atoms. The molecule has 1 aromatic carbocycles. The minimum absolute atomic E-state index is 0.141. The van der Waals surface area contributed by atoms with Crippen LogP contribution in [0.3, 0.4) is 0 Å². The predicted molar refractivity (Wildman–Crippen MR) is 83.8 cm³/mol. The van der Waals surface area contributed by atoms with Gasteiger partial charge in [-0.25, -0.2) is 13.1 Å². The van der Waals surface area contributed by atoms with Gasteiger partial charge in [-0.3, -0.25) is 0 Å². The summed E-state index contributed by atoms with van der Waals surface area (Å²) in [5.41, 5.74) is 2.42. The maximum absolute atomic E-state index is 12.5. The molecule has 0 aromatic heterocycles. The van der Waals surface area contributed by atoms with E-state index < -0.39 is 10.0 Å². The Kier molecular flexibility index (Phi) is 5.56. The average Bonchev–Trinajstić information content (AvgIpc) is 2.34. The van der Waals surface area contributed by atoms with E-state index in [2.05, 4.69) is 10.0 Å². The average molecular weight is 299 g/mol. The highest BCUT2D eigenvalue weighted by atomic mass is 32.2. The molecule has 0 amide bonds. The summed E-state index contributed by atoms with van der Waals surface area (Å²) in [6, 6.07) is 3.83. The lowest BCUT2D eigenvalue weighted by Gasteiger charge is -2.21. The van der Waals surface area contributed by atoms with Crippen molar-refractivity contribution in [3.63, 3.8) is 0 Å². The second-order valence-electron chi connectivity index (χ2n) is 5.35. The van der Waals surface area contributed by atoms with Crippen molar-refractivity contribution in [2.45, 2.75) is 31.7 Å². The van der Waals surface area contributed by atoms with E-state index in [-0.39, 0.29) is 6.04 Å². The van der Waals surface area contributed by atoms with Crippen molar-refractivity contribution in [3.8, 4) is 0 Å². The van der Waals surface area contributed by atoms with Gasteiger partial charge in [0.25, 0.3) is 0 Å². The van der Waals surface area contributed by atoms with Crippen molar-refractivity contribution < 1.29 is 8.42 Å². The van der Waals surface area contributed by atoms with Crippen LogP contribution in [0.1, 0.15) is 18.1 Å². The molecule has 0 bridgehead atoms. The molecular weight excluding hydrogens is 274 g/mol. The van der Waals surface area contributed by atoms with Crippen LogP contribution >= 0.6 is 0 Å². The fourth-order valence-electron chi connectivity index (χ4n) is 2.00.